The summed E-state index contributed by atoms with van der Waals surface area (Å²) in [6.45, 7) is 1.20. The van der Waals surface area contributed by atoms with Crippen molar-refractivity contribution >= 4 is 21.7 Å². The number of carbonyl (C=O) groups excluding carboxylic acids is 1. The van der Waals surface area contributed by atoms with Crippen molar-refractivity contribution in [3.8, 4) is 0 Å². The normalized spacial score (nSPS) is 11.0. The zero-order valence-corrected chi connectivity index (χ0v) is 10.8. The van der Waals surface area contributed by atoms with Crippen LogP contribution in [0.5, 0.6) is 0 Å². The molecule has 0 aromatic heterocycles. The maximum atomic E-state index is 11.8. The Morgan fingerprint density at radius 2 is 2.16 bits per heavy atom. The number of carbonyl (C=O) groups is 1. The molecule has 0 fully saturated rings. The fraction of sp³-hybridized carbons (Fsp3) is 0.300. The number of esters is 1. The van der Waals surface area contributed by atoms with Crippen LogP contribution in [0.3, 0.4) is 0 Å². The van der Waals surface area contributed by atoms with Gasteiger partial charge in [0, 0.05) is 12.1 Å². The van der Waals surface area contributed by atoms with Gasteiger partial charge in [-0.15, -0.1) is 0 Å². The number of nitrogens with one attached hydrogen (secondary N) is 1. The van der Waals surface area contributed by atoms with Crippen LogP contribution in [0.2, 0.25) is 0 Å². The van der Waals surface area contributed by atoms with Crippen LogP contribution in [0.1, 0.15) is 6.92 Å². The first-order chi connectivity index (χ1) is 8.86. The third kappa shape index (κ3) is 4.30. The number of benzene rings is 1. The third-order valence-electron chi connectivity index (χ3n) is 2.05. The molecule has 0 radical (unpaired) electrons. The molecule has 1 rings (SSSR count). The Hall–Kier alpha value is -2.00. The van der Waals surface area contributed by atoms with E-state index in [4.69, 9.17) is 0 Å². The first-order valence-corrected chi connectivity index (χ1v) is 6.75. The van der Waals surface area contributed by atoms with Gasteiger partial charge in [0.25, 0.3) is 5.69 Å². The van der Waals surface area contributed by atoms with Crippen LogP contribution >= 0.6 is 0 Å². The van der Waals surface area contributed by atoms with Gasteiger partial charge in [0.2, 0.25) is 10.0 Å². The van der Waals surface area contributed by atoms with Gasteiger partial charge >= 0.3 is 5.97 Å². The summed E-state index contributed by atoms with van der Waals surface area (Å²) < 4.78 is 30.1. The van der Waals surface area contributed by atoms with Crippen LogP contribution < -0.4 is 4.72 Å². The number of rotatable bonds is 6. The lowest BCUT2D eigenvalue weighted by Crippen LogP contribution is -2.30. The molecule has 1 aromatic rings. The highest BCUT2D eigenvalue weighted by atomic mass is 32.2. The lowest BCUT2D eigenvalue weighted by molar-refractivity contribution is -0.385. The van der Waals surface area contributed by atoms with Crippen LogP contribution in [0.4, 0.5) is 5.69 Å². The highest BCUT2D eigenvalue weighted by Gasteiger charge is 2.18. The summed E-state index contributed by atoms with van der Waals surface area (Å²) in [6.07, 6.45) is 0. The zero-order chi connectivity index (χ0) is 14.5. The largest absolute Gasteiger partial charge is 0.465 e. The number of nitro benzene ring substituents is 1. The minimum Gasteiger partial charge on any atom is -0.465 e. The molecule has 0 amide bonds. The summed E-state index contributed by atoms with van der Waals surface area (Å²) in [5, 5.41) is 10.5. The molecule has 9 heteroatoms. The molecule has 1 N–H and O–H groups in total. The van der Waals surface area contributed by atoms with E-state index in [-0.39, 0.29) is 17.2 Å². The molecule has 0 bridgehead atoms. The highest BCUT2D eigenvalue weighted by molar-refractivity contribution is 7.89. The van der Waals surface area contributed by atoms with Gasteiger partial charge < -0.3 is 4.74 Å². The molecule has 0 saturated carbocycles. The standard InChI is InChI=1S/C10H12N2O6S/c1-2-18-10(13)7-11-19(16,17)9-5-3-4-8(6-9)12(14)15/h3-6,11H,2,7H2,1H3. The summed E-state index contributed by atoms with van der Waals surface area (Å²) in [5.74, 6) is -0.725. The smallest absolute Gasteiger partial charge is 0.321 e. The molecule has 0 aliphatic rings. The van der Waals surface area contributed by atoms with E-state index >= 15 is 0 Å². The predicted molar refractivity (Wildman–Crippen MR) is 64.9 cm³/mol. The van der Waals surface area contributed by atoms with Crippen molar-refractivity contribution in [3.05, 3.63) is 34.4 Å². The maximum absolute atomic E-state index is 11.8. The number of ether oxygens (including phenoxy) is 1. The molecule has 0 atom stereocenters. The summed E-state index contributed by atoms with van der Waals surface area (Å²) in [6, 6.07) is 4.52. The molecule has 8 nitrogen and oxygen atoms in total. The van der Waals surface area contributed by atoms with Crippen LogP contribution in [-0.4, -0.2) is 32.5 Å². The monoisotopic (exact) mass is 288 g/mol. The van der Waals surface area contributed by atoms with Crippen LogP contribution in [0.25, 0.3) is 0 Å². The van der Waals surface area contributed by atoms with Gasteiger partial charge in [-0.3, -0.25) is 14.9 Å². The second kappa shape index (κ2) is 6.25. The Bertz CT molecular complexity index is 583. The van der Waals surface area contributed by atoms with Gasteiger partial charge in [-0.2, -0.15) is 4.72 Å². The Morgan fingerprint density at radius 3 is 2.74 bits per heavy atom. The lowest BCUT2D eigenvalue weighted by Gasteiger charge is -2.06. The van der Waals surface area contributed by atoms with E-state index in [9.17, 15) is 23.3 Å². The molecule has 0 aliphatic carbocycles. The first-order valence-electron chi connectivity index (χ1n) is 5.26. The average molecular weight is 288 g/mol. The van der Waals surface area contributed by atoms with Crippen LogP contribution in [0, 0.1) is 10.1 Å². The average Bonchev–Trinajstić information content (AvgIpc) is 2.37. The van der Waals surface area contributed by atoms with E-state index < -0.39 is 27.5 Å². The van der Waals surface area contributed by atoms with Gasteiger partial charge in [0.15, 0.2) is 0 Å². The maximum Gasteiger partial charge on any atom is 0.321 e. The van der Waals surface area contributed by atoms with E-state index in [1.54, 1.807) is 6.92 Å². The van der Waals surface area contributed by atoms with Crippen molar-refractivity contribution in [3.63, 3.8) is 0 Å². The van der Waals surface area contributed by atoms with Crippen molar-refractivity contribution in [2.24, 2.45) is 0 Å². The lowest BCUT2D eigenvalue weighted by atomic mass is 10.3. The van der Waals surface area contributed by atoms with E-state index in [1.807, 2.05) is 4.72 Å². The van der Waals surface area contributed by atoms with E-state index in [2.05, 4.69) is 4.74 Å². The minimum absolute atomic E-state index is 0.136. The van der Waals surface area contributed by atoms with Crippen molar-refractivity contribution in [1.82, 2.24) is 4.72 Å². The number of sulfonamides is 1. The van der Waals surface area contributed by atoms with E-state index in [0.717, 1.165) is 6.07 Å². The molecule has 0 heterocycles. The molecule has 104 valence electrons. The van der Waals surface area contributed by atoms with E-state index in [1.165, 1.54) is 18.2 Å². The molecule has 0 spiro atoms. The summed E-state index contributed by atoms with van der Waals surface area (Å²) in [7, 11) is -3.98. The van der Waals surface area contributed by atoms with Gasteiger partial charge in [0.05, 0.1) is 16.4 Å². The topological polar surface area (TPSA) is 116 Å². The summed E-state index contributed by atoms with van der Waals surface area (Å²) in [5.41, 5.74) is -0.348. The SMILES string of the molecule is CCOC(=O)CNS(=O)(=O)c1cccc([N+](=O)[O-])c1. The minimum atomic E-state index is -3.98. The summed E-state index contributed by atoms with van der Waals surface area (Å²) in [4.78, 5) is 20.6. The Labute approximate surface area is 109 Å². The van der Waals surface area contributed by atoms with Gasteiger partial charge in [-0.25, -0.2) is 8.42 Å². The summed E-state index contributed by atoms with van der Waals surface area (Å²) >= 11 is 0. The van der Waals surface area contributed by atoms with Gasteiger partial charge in [0.1, 0.15) is 6.54 Å². The Balaban J connectivity index is 2.85. The fourth-order valence-corrected chi connectivity index (χ4v) is 2.22. The van der Waals surface area contributed by atoms with Crippen molar-refractivity contribution in [1.29, 1.82) is 0 Å². The molecule has 19 heavy (non-hydrogen) atoms. The third-order valence-corrected chi connectivity index (χ3v) is 3.45. The van der Waals surface area contributed by atoms with Gasteiger partial charge in [-0.05, 0) is 13.0 Å². The molecule has 0 saturated heterocycles. The quantitative estimate of drug-likeness (QED) is 0.461. The number of nitrogens with zero attached hydrogens (tertiary/aromatic N) is 1. The molecular formula is C10H12N2O6S. The predicted octanol–water partition coefficient (Wildman–Crippen LogP) is 0.436. The first kappa shape index (κ1) is 15.1. The Morgan fingerprint density at radius 1 is 1.47 bits per heavy atom. The van der Waals surface area contributed by atoms with Crippen LogP contribution in [-0.2, 0) is 19.6 Å². The molecule has 1 aromatic carbocycles. The van der Waals surface area contributed by atoms with Gasteiger partial charge in [-0.1, -0.05) is 6.07 Å². The fourth-order valence-electron chi connectivity index (χ4n) is 1.21. The number of hydrogen-bond donors (Lipinski definition) is 1. The number of nitro groups is 1. The second-order valence-electron chi connectivity index (χ2n) is 3.38. The number of non-ortho nitro benzene ring substituents is 1. The van der Waals surface area contributed by atoms with Crippen molar-refractivity contribution in [2.45, 2.75) is 11.8 Å². The Kier molecular flexibility index (Phi) is 4.95. The van der Waals surface area contributed by atoms with Crippen LogP contribution in [0.15, 0.2) is 29.2 Å². The molecule has 0 aliphatic heterocycles. The second-order valence-corrected chi connectivity index (χ2v) is 5.15. The van der Waals surface area contributed by atoms with Crippen molar-refractivity contribution < 1.29 is 22.9 Å². The molecular weight excluding hydrogens is 276 g/mol. The molecule has 0 unspecified atom stereocenters. The van der Waals surface area contributed by atoms with E-state index in [0.29, 0.717) is 0 Å². The zero-order valence-electron chi connectivity index (χ0n) is 10.0. The highest BCUT2D eigenvalue weighted by Crippen LogP contribution is 2.16. The van der Waals surface area contributed by atoms with Crippen molar-refractivity contribution in [2.75, 3.05) is 13.2 Å². The number of hydrogen-bond acceptors (Lipinski definition) is 6.